The topological polar surface area (TPSA) is 65.1 Å². The van der Waals surface area contributed by atoms with E-state index < -0.39 is 0 Å². The number of likely N-dealkylation sites (tertiary alicyclic amines) is 1. The molecule has 7 heteroatoms. The number of halogens is 1. The van der Waals surface area contributed by atoms with Crippen LogP contribution >= 0.6 is 23.4 Å². The molecule has 172 valence electrons. The first-order valence-corrected chi connectivity index (χ1v) is 12.3. The number of benzene rings is 2. The zero-order valence-corrected chi connectivity index (χ0v) is 20.4. The highest BCUT2D eigenvalue weighted by molar-refractivity contribution is 8.14. The van der Waals surface area contributed by atoms with Crippen LogP contribution in [0.1, 0.15) is 36.1 Å². The van der Waals surface area contributed by atoms with E-state index in [1.165, 1.54) is 5.56 Å². The number of hydrogen-bond acceptors (Lipinski definition) is 5. The lowest BCUT2D eigenvalue weighted by molar-refractivity contribution is 0.282. The van der Waals surface area contributed by atoms with E-state index in [-0.39, 0.29) is 11.9 Å². The fourth-order valence-corrected chi connectivity index (χ4v) is 5.33. The van der Waals surface area contributed by atoms with Gasteiger partial charge >= 0.3 is 0 Å². The number of hydrogen-bond donors (Lipinski definition) is 2. The molecule has 0 radical (unpaired) electrons. The van der Waals surface area contributed by atoms with Crippen molar-refractivity contribution in [2.24, 2.45) is 10.7 Å². The summed E-state index contributed by atoms with van der Waals surface area (Å²) in [7, 11) is 2.03. The van der Waals surface area contributed by atoms with Crippen molar-refractivity contribution in [3.05, 3.63) is 77.0 Å². The Labute approximate surface area is 201 Å². The summed E-state index contributed by atoms with van der Waals surface area (Å²) in [5.74, 6) is 0. The van der Waals surface area contributed by atoms with Gasteiger partial charge in [-0.05, 0) is 43.5 Å². The predicted octanol–water partition coefficient (Wildman–Crippen LogP) is 5.18. The summed E-state index contributed by atoms with van der Waals surface area (Å²) in [5.41, 5.74) is 9.73. The second-order valence-electron chi connectivity index (χ2n) is 7.96. The normalized spacial score (nSPS) is 17.5. The molecule has 2 aromatic carbocycles. The molecule has 0 amide bonds. The molecule has 1 heterocycles. The Morgan fingerprint density at radius 2 is 2.09 bits per heavy atom. The molecule has 5 nitrogen and oxygen atoms in total. The molecule has 0 aliphatic carbocycles. The van der Waals surface area contributed by atoms with Crippen molar-refractivity contribution in [1.29, 1.82) is 0 Å². The average molecular weight is 473 g/mol. The molecule has 3 N–H and O–H groups in total. The largest absolute Gasteiger partial charge is 0.392 e. The monoisotopic (exact) mass is 472 g/mol. The third-order valence-electron chi connectivity index (χ3n) is 5.88. The lowest BCUT2D eigenvalue weighted by Gasteiger charge is -2.34. The Bertz CT molecular complexity index is 937. The first-order chi connectivity index (χ1) is 15.5. The van der Waals surface area contributed by atoms with Crippen LogP contribution in [0.15, 0.2) is 65.8 Å². The minimum atomic E-state index is -0.117. The highest BCUT2D eigenvalue weighted by atomic mass is 35.5. The van der Waals surface area contributed by atoms with E-state index in [0.29, 0.717) is 23.2 Å². The summed E-state index contributed by atoms with van der Waals surface area (Å²) in [6.45, 7) is 8.91. The van der Waals surface area contributed by atoms with Crippen molar-refractivity contribution in [2.45, 2.75) is 37.7 Å². The van der Waals surface area contributed by atoms with Crippen LogP contribution in [-0.2, 0) is 6.61 Å². The van der Waals surface area contributed by atoms with Crippen LogP contribution in [0.4, 0.5) is 5.69 Å². The van der Waals surface area contributed by atoms with Crippen molar-refractivity contribution in [3.63, 3.8) is 0 Å². The Balaban J connectivity index is 2.00. The SMILES string of the molecule is C=C(C(SC(=Nc1ccc(Cl)cc1CO)N(C)CC)c1ccccc1)N1CCCC1CN. The molecule has 2 unspecified atom stereocenters. The zero-order chi connectivity index (χ0) is 23.1. The van der Waals surface area contributed by atoms with E-state index in [0.717, 1.165) is 42.5 Å². The molecule has 1 fully saturated rings. The van der Waals surface area contributed by atoms with Crippen LogP contribution in [0.3, 0.4) is 0 Å². The van der Waals surface area contributed by atoms with Gasteiger partial charge in [0.05, 0.1) is 17.5 Å². The van der Waals surface area contributed by atoms with Crippen LogP contribution in [0.5, 0.6) is 0 Å². The fourth-order valence-electron chi connectivity index (χ4n) is 3.90. The number of aliphatic hydroxyl groups is 1. The van der Waals surface area contributed by atoms with Gasteiger partial charge in [-0.1, -0.05) is 60.3 Å². The lowest BCUT2D eigenvalue weighted by atomic mass is 10.1. The van der Waals surface area contributed by atoms with Crippen LogP contribution in [0.25, 0.3) is 0 Å². The minimum Gasteiger partial charge on any atom is -0.392 e. The van der Waals surface area contributed by atoms with Gasteiger partial charge in [0.25, 0.3) is 0 Å². The summed E-state index contributed by atoms with van der Waals surface area (Å²) in [6, 6.07) is 16.2. The fraction of sp³-hybridized carbons (Fsp3) is 0.400. The van der Waals surface area contributed by atoms with Gasteiger partial charge in [0.2, 0.25) is 0 Å². The van der Waals surface area contributed by atoms with E-state index in [2.05, 4.69) is 47.6 Å². The predicted molar refractivity (Wildman–Crippen MR) is 137 cm³/mol. The third-order valence-corrected chi connectivity index (χ3v) is 7.50. The second kappa shape index (κ2) is 11.8. The molecule has 2 aromatic rings. The number of aliphatic hydroxyl groups excluding tert-OH is 1. The number of nitrogens with two attached hydrogens (primary N) is 1. The highest BCUT2D eigenvalue weighted by Gasteiger charge is 2.30. The van der Waals surface area contributed by atoms with Crippen molar-refractivity contribution in [1.82, 2.24) is 9.80 Å². The zero-order valence-electron chi connectivity index (χ0n) is 18.9. The summed E-state index contributed by atoms with van der Waals surface area (Å²) in [6.07, 6.45) is 2.23. The first-order valence-electron chi connectivity index (χ1n) is 11.0. The van der Waals surface area contributed by atoms with Gasteiger partial charge in [0, 0.05) is 49.0 Å². The van der Waals surface area contributed by atoms with Gasteiger partial charge in [-0.2, -0.15) is 0 Å². The van der Waals surface area contributed by atoms with Gasteiger partial charge < -0.3 is 20.6 Å². The average Bonchev–Trinajstić information content (AvgIpc) is 3.31. The standard InChI is InChI=1S/C25H33ClN4OS/c1-4-29(3)25(28-23-13-12-21(26)15-20(23)17-31)32-24(19-9-6-5-7-10-19)18(2)30-14-8-11-22(30)16-27/h5-7,9-10,12-13,15,22,24,31H,2,4,8,11,14,16-17,27H2,1,3H3. The van der Waals surface area contributed by atoms with E-state index >= 15 is 0 Å². The second-order valence-corrected chi connectivity index (χ2v) is 9.47. The molecule has 32 heavy (non-hydrogen) atoms. The Morgan fingerprint density at radius 3 is 2.75 bits per heavy atom. The first kappa shape index (κ1) is 24.6. The molecule has 3 rings (SSSR count). The Morgan fingerprint density at radius 1 is 1.34 bits per heavy atom. The maximum Gasteiger partial charge on any atom is 0.165 e. The molecular weight excluding hydrogens is 440 g/mol. The molecule has 0 aromatic heterocycles. The van der Waals surface area contributed by atoms with Gasteiger partial charge in [-0.25, -0.2) is 4.99 Å². The molecule has 1 saturated heterocycles. The Kier molecular flexibility index (Phi) is 9.05. The van der Waals surface area contributed by atoms with E-state index in [1.807, 2.05) is 19.2 Å². The molecule has 0 spiro atoms. The van der Waals surface area contributed by atoms with Gasteiger partial charge in [0.15, 0.2) is 5.17 Å². The smallest absolute Gasteiger partial charge is 0.165 e. The minimum absolute atomic E-state index is 0.000904. The molecule has 0 saturated carbocycles. The lowest BCUT2D eigenvalue weighted by Crippen LogP contribution is -2.36. The molecule has 0 bridgehead atoms. The van der Waals surface area contributed by atoms with Gasteiger partial charge in [0.1, 0.15) is 0 Å². The van der Waals surface area contributed by atoms with Crippen LogP contribution in [0, 0.1) is 0 Å². The highest BCUT2D eigenvalue weighted by Crippen LogP contribution is 2.41. The number of aliphatic imine (C=N–C) groups is 1. The third kappa shape index (κ3) is 5.87. The van der Waals surface area contributed by atoms with Gasteiger partial charge in [-0.15, -0.1) is 0 Å². The number of thioether (sulfide) groups is 1. The summed E-state index contributed by atoms with van der Waals surface area (Å²) in [4.78, 5) is 9.45. The van der Waals surface area contributed by atoms with Crippen LogP contribution in [-0.4, -0.2) is 52.8 Å². The molecule has 2 atom stereocenters. The van der Waals surface area contributed by atoms with Crippen molar-refractivity contribution in [2.75, 3.05) is 26.7 Å². The molecule has 1 aliphatic heterocycles. The van der Waals surface area contributed by atoms with E-state index in [4.69, 9.17) is 22.3 Å². The summed E-state index contributed by atoms with van der Waals surface area (Å²) in [5, 5.41) is 11.3. The van der Waals surface area contributed by atoms with Crippen molar-refractivity contribution < 1.29 is 5.11 Å². The maximum atomic E-state index is 9.82. The number of amidine groups is 1. The van der Waals surface area contributed by atoms with Crippen LogP contribution in [0.2, 0.25) is 5.02 Å². The van der Waals surface area contributed by atoms with Crippen molar-refractivity contribution >= 4 is 34.2 Å². The quantitative estimate of drug-likeness (QED) is 0.409. The summed E-state index contributed by atoms with van der Waals surface area (Å²) < 4.78 is 0. The van der Waals surface area contributed by atoms with Crippen LogP contribution < -0.4 is 5.73 Å². The molecule has 1 aliphatic rings. The van der Waals surface area contributed by atoms with Crippen molar-refractivity contribution in [3.8, 4) is 0 Å². The Hall–Kier alpha value is -1.99. The number of rotatable bonds is 8. The van der Waals surface area contributed by atoms with E-state index in [9.17, 15) is 5.11 Å². The van der Waals surface area contributed by atoms with Gasteiger partial charge in [-0.3, -0.25) is 0 Å². The maximum absolute atomic E-state index is 9.82. The molecular formula is C25H33ClN4OS. The van der Waals surface area contributed by atoms with E-state index in [1.54, 1.807) is 23.9 Å². The summed E-state index contributed by atoms with van der Waals surface area (Å²) >= 11 is 7.81. The number of nitrogens with zero attached hydrogens (tertiary/aromatic N) is 3.